The van der Waals surface area contributed by atoms with Crippen molar-refractivity contribution in [3.05, 3.63) is 54.1 Å². The first kappa shape index (κ1) is 15.4. The molecule has 0 aliphatic carbocycles. The van der Waals surface area contributed by atoms with E-state index in [0.717, 1.165) is 5.75 Å². The van der Waals surface area contributed by atoms with Gasteiger partial charge in [-0.15, -0.1) is 0 Å². The largest absolute Gasteiger partial charge is 0.494 e. The molecule has 2 rings (SSSR count). The first-order valence-corrected chi connectivity index (χ1v) is 8.41. The third kappa shape index (κ3) is 4.23. The van der Waals surface area contributed by atoms with Crippen molar-refractivity contribution < 1.29 is 13.2 Å². The molecule has 0 aromatic heterocycles. The molecule has 2 aromatic carbocycles. The zero-order valence-electron chi connectivity index (χ0n) is 12.0. The van der Waals surface area contributed by atoms with Gasteiger partial charge >= 0.3 is 0 Å². The lowest BCUT2D eigenvalue weighted by molar-refractivity contribution is 0.317. The minimum atomic E-state index is -3.33. The van der Waals surface area contributed by atoms with Gasteiger partial charge in [-0.1, -0.05) is 24.3 Å². The molecule has 112 valence electrons. The summed E-state index contributed by atoms with van der Waals surface area (Å²) in [5.41, 5.74) is 6.84. The number of rotatable bonds is 6. The van der Waals surface area contributed by atoms with Gasteiger partial charge in [0.2, 0.25) is 0 Å². The van der Waals surface area contributed by atoms with Gasteiger partial charge in [-0.3, -0.25) is 0 Å². The van der Waals surface area contributed by atoms with Gasteiger partial charge in [0.05, 0.1) is 17.3 Å². The fourth-order valence-corrected chi connectivity index (χ4v) is 3.61. The number of nitrogens with two attached hydrogens (primary N) is 1. The van der Waals surface area contributed by atoms with Crippen LogP contribution in [0.3, 0.4) is 0 Å². The maximum Gasteiger partial charge on any atom is 0.178 e. The van der Waals surface area contributed by atoms with Crippen molar-refractivity contribution in [2.75, 3.05) is 18.1 Å². The Morgan fingerprint density at radius 1 is 1.10 bits per heavy atom. The molecule has 0 saturated heterocycles. The van der Waals surface area contributed by atoms with Crippen LogP contribution >= 0.6 is 0 Å². The fraction of sp³-hybridized carbons (Fsp3) is 0.250. The summed E-state index contributed by atoms with van der Waals surface area (Å²) < 4.78 is 30.1. The summed E-state index contributed by atoms with van der Waals surface area (Å²) in [6.45, 7) is 2.14. The molecule has 2 aromatic rings. The van der Waals surface area contributed by atoms with Crippen molar-refractivity contribution >= 4 is 15.5 Å². The molecular weight excluding hydrogens is 286 g/mol. The average molecular weight is 305 g/mol. The normalized spacial score (nSPS) is 11.3. The maximum atomic E-state index is 12.3. The molecule has 2 N–H and O–H groups in total. The Labute approximate surface area is 125 Å². The van der Waals surface area contributed by atoms with Crippen LogP contribution in [0.15, 0.2) is 53.4 Å². The van der Waals surface area contributed by atoms with Crippen LogP contribution in [-0.4, -0.2) is 20.8 Å². The summed E-state index contributed by atoms with van der Waals surface area (Å²) in [7, 11) is -3.33. The molecule has 0 bridgehead atoms. The number of para-hydroxylation sites is 1. The molecule has 21 heavy (non-hydrogen) atoms. The molecule has 0 atom stereocenters. The van der Waals surface area contributed by atoms with Crippen LogP contribution in [0, 0.1) is 6.92 Å². The average Bonchev–Trinajstić information content (AvgIpc) is 2.47. The molecule has 0 radical (unpaired) electrons. The Morgan fingerprint density at radius 2 is 1.81 bits per heavy atom. The quantitative estimate of drug-likeness (QED) is 0.658. The van der Waals surface area contributed by atoms with E-state index in [1.54, 1.807) is 19.1 Å². The van der Waals surface area contributed by atoms with Crippen molar-refractivity contribution in [1.82, 2.24) is 0 Å². The second-order valence-corrected chi connectivity index (χ2v) is 6.94. The first-order chi connectivity index (χ1) is 9.99. The zero-order valence-corrected chi connectivity index (χ0v) is 12.8. The van der Waals surface area contributed by atoms with Gasteiger partial charge in [0.1, 0.15) is 5.75 Å². The monoisotopic (exact) mass is 305 g/mol. The van der Waals surface area contributed by atoms with E-state index in [-0.39, 0.29) is 5.75 Å². The van der Waals surface area contributed by atoms with E-state index in [1.165, 1.54) is 6.07 Å². The zero-order chi connectivity index (χ0) is 15.3. The number of benzene rings is 2. The summed E-state index contributed by atoms with van der Waals surface area (Å²) in [5, 5.41) is 0. The number of aryl methyl sites for hydroxylation is 1. The third-order valence-electron chi connectivity index (χ3n) is 3.12. The number of hydrogen-bond donors (Lipinski definition) is 1. The number of nitrogen functional groups attached to an aromatic ring is 1. The summed E-state index contributed by atoms with van der Waals surface area (Å²) in [4.78, 5) is 0.308. The second kappa shape index (κ2) is 6.63. The van der Waals surface area contributed by atoms with Gasteiger partial charge in [-0.25, -0.2) is 8.42 Å². The minimum absolute atomic E-state index is 0.0458. The highest BCUT2D eigenvalue weighted by Gasteiger charge is 2.17. The number of ether oxygens (including phenoxy) is 1. The number of anilines is 1. The lowest BCUT2D eigenvalue weighted by Gasteiger charge is -2.09. The van der Waals surface area contributed by atoms with Gasteiger partial charge in [0.25, 0.3) is 0 Å². The number of sulfone groups is 1. The Bertz CT molecular complexity index is 697. The van der Waals surface area contributed by atoms with Gasteiger partial charge in [0.15, 0.2) is 9.84 Å². The van der Waals surface area contributed by atoms with E-state index in [2.05, 4.69) is 0 Å². The third-order valence-corrected chi connectivity index (χ3v) is 5.05. The van der Waals surface area contributed by atoms with Crippen molar-refractivity contribution in [1.29, 1.82) is 0 Å². The van der Waals surface area contributed by atoms with E-state index >= 15 is 0 Å². The van der Waals surface area contributed by atoms with Crippen LogP contribution in [0.2, 0.25) is 0 Å². The molecule has 0 amide bonds. The van der Waals surface area contributed by atoms with Gasteiger partial charge < -0.3 is 10.5 Å². The Kier molecular flexibility index (Phi) is 4.85. The van der Waals surface area contributed by atoms with Crippen LogP contribution in [-0.2, 0) is 9.84 Å². The molecule has 0 aliphatic rings. The second-order valence-electron chi connectivity index (χ2n) is 4.86. The molecule has 0 heterocycles. The van der Waals surface area contributed by atoms with Crippen LogP contribution in [0.1, 0.15) is 12.0 Å². The van der Waals surface area contributed by atoms with Crippen LogP contribution in [0.4, 0.5) is 5.69 Å². The van der Waals surface area contributed by atoms with Gasteiger partial charge in [-0.05, 0) is 43.2 Å². The topological polar surface area (TPSA) is 69.4 Å². The predicted molar refractivity (Wildman–Crippen MR) is 84.2 cm³/mol. The molecule has 0 fully saturated rings. The van der Waals surface area contributed by atoms with E-state index in [1.807, 2.05) is 30.3 Å². The van der Waals surface area contributed by atoms with Crippen LogP contribution < -0.4 is 10.5 Å². The van der Waals surface area contributed by atoms with Crippen molar-refractivity contribution in [3.63, 3.8) is 0 Å². The molecule has 5 heteroatoms. The van der Waals surface area contributed by atoms with Crippen molar-refractivity contribution in [2.24, 2.45) is 0 Å². The Balaban J connectivity index is 1.94. The molecule has 0 saturated carbocycles. The number of hydrogen-bond acceptors (Lipinski definition) is 4. The van der Waals surface area contributed by atoms with Crippen LogP contribution in [0.25, 0.3) is 0 Å². The van der Waals surface area contributed by atoms with E-state index in [0.29, 0.717) is 29.2 Å². The SMILES string of the molecule is Cc1ccc(N)cc1S(=O)(=O)CCCOc1ccccc1. The lowest BCUT2D eigenvalue weighted by Crippen LogP contribution is -2.12. The fourth-order valence-electron chi connectivity index (χ4n) is 2.02. The summed E-state index contributed by atoms with van der Waals surface area (Å²) in [6, 6.07) is 14.3. The maximum absolute atomic E-state index is 12.3. The minimum Gasteiger partial charge on any atom is -0.494 e. The lowest BCUT2D eigenvalue weighted by atomic mass is 10.2. The van der Waals surface area contributed by atoms with Crippen molar-refractivity contribution in [3.8, 4) is 5.75 Å². The molecule has 0 aliphatic heterocycles. The highest BCUT2D eigenvalue weighted by Crippen LogP contribution is 2.20. The molecule has 0 unspecified atom stereocenters. The summed E-state index contributed by atoms with van der Waals surface area (Å²) in [5.74, 6) is 0.791. The standard InChI is InChI=1S/C16H19NO3S/c1-13-8-9-14(17)12-16(13)21(18,19)11-5-10-20-15-6-3-2-4-7-15/h2-4,6-9,12H,5,10-11,17H2,1H3. The summed E-state index contributed by atoms with van der Waals surface area (Å²) >= 11 is 0. The van der Waals surface area contributed by atoms with E-state index < -0.39 is 9.84 Å². The molecule has 0 spiro atoms. The van der Waals surface area contributed by atoms with E-state index in [9.17, 15) is 8.42 Å². The Morgan fingerprint density at radius 3 is 2.52 bits per heavy atom. The highest BCUT2D eigenvalue weighted by atomic mass is 32.2. The predicted octanol–water partition coefficient (Wildman–Crippen LogP) is 2.82. The molecular formula is C16H19NO3S. The highest BCUT2D eigenvalue weighted by molar-refractivity contribution is 7.91. The van der Waals surface area contributed by atoms with Gasteiger partial charge in [-0.2, -0.15) is 0 Å². The van der Waals surface area contributed by atoms with Crippen molar-refractivity contribution in [2.45, 2.75) is 18.2 Å². The van der Waals surface area contributed by atoms with Gasteiger partial charge in [0, 0.05) is 5.69 Å². The first-order valence-electron chi connectivity index (χ1n) is 6.76. The van der Waals surface area contributed by atoms with Crippen LogP contribution in [0.5, 0.6) is 5.75 Å². The Hall–Kier alpha value is -2.01. The smallest absolute Gasteiger partial charge is 0.178 e. The summed E-state index contributed by atoms with van der Waals surface area (Å²) in [6.07, 6.45) is 0.436. The van der Waals surface area contributed by atoms with E-state index in [4.69, 9.17) is 10.5 Å². The molecule has 4 nitrogen and oxygen atoms in total.